The lowest BCUT2D eigenvalue weighted by atomic mass is 9.92. The molecule has 0 N–H and O–H groups in total. The van der Waals surface area contributed by atoms with Gasteiger partial charge in [0.2, 0.25) is 0 Å². The second kappa shape index (κ2) is 7.91. The van der Waals surface area contributed by atoms with Crippen LogP contribution in [0.4, 0.5) is 0 Å². The highest BCUT2D eigenvalue weighted by Gasteiger charge is 2.48. The molecule has 0 aliphatic carbocycles. The van der Waals surface area contributed by atoms with E-state index in [-0.39, 0.29) is 17.9 Å². The second-order valence-corrected chi connectivity index (χ2v) is 9.03. The number of hydrogen-bond donors (Lipinski definition) is 0. The molecule has 2 aromatic carbocycles. The molecule has 0 saturated heterocycles. The van der Waals surface area contributed by atoms with Gasteiger partial charge in [-0.15, -0.1) is 0 Å². The molecular formula is C21H22N2O6S. The van der Waals surface area contributed by atoms with Crippen LogP contribution in [-0.4, -0.2) is 35.4 Å². The summed E-state index contributed by atoms with van der Waals surface area (Å²) >= 11 is 0. The molecule has 0 radical (unpaired) electrons. The molecule has 3 aromatic rings. The maximum atomic E-state index is 13.2. The summed E-state index contributed by atoms with van der Waals surface area (Å²) in [6, 6.07) is 13.0. The topological polar surface area (TPSA) is 109 Å². The zero-order valence-corrected chi connectivity index (χ0v) is 17.7. The van der Waals surface area contributed by atoms with Crippen molar-refractivity contribution < 1.29 is 22.9 Å². The van der Waals surface area contributed by atoms with Crippen LogP contribution in [0.3, 0.4) is 0 Å². The molecule has 1 atom stereocenters. The Morgan fingerprint density at radius 1 is 1.17 bits per heavy atom. The number of rotatable bonds is 7. The van der Waals surface area contributed by atoms with Gasteiger partial charge in [0.15, 0.2) is 0 Å². The predicted octanol–water partition coefficient (Wildman–Crippen LogP) is 3.33. The minimum atomic E-state index is -3.94. The van der Waals surface area contributed by atoms with Gasteiger partial charge in [-0.1, -0.05) is 35.9 Å². The van der Waals surface area contributed by atoms with E-state index in [2.05, 4.69) is 0 Å². The highest BCUT2D eigenvalue weighted by atomic mass is 32.2. The normalized spacial score (nSPS) is 13.7. The molecule has 8 nitrogen and oxygen atoms in total. The van der Waals surface area contributed by atoms with Crippen molar-refractivity contribution in [2.24, 2.45) is 0 Å². The molecule has 1 unspecified atom stereocenters. The Hall–Kier alpha value is -3.20. The van der Waals surface area contributed by atoms with Crippen molar-refractivity contribution >= 4 is 26.9 Å². The first-order chi connectivity index (χ1) is 14.1. The minimum absolute atomic E-state index is 0.00461. The maximum absolute atomic E-state index is 13.2. The molecule has 1 heterocycles. The molecule has 3 rings (SSSR count). The third-order valence-corrected chi connectivity index (χ3v) is 6.68. The van der Waals surface area contributed by atoms with Gasteiger partial charge in [0, 0.05) is 23.4 Å². The van der Waals surface area contributed by atoms with Gasteiger partial charge in [-0.25, -0.2) is 17.2 Å². The first-order valence-corrected chi connectivity index (χ1v) is 10.8. The third kappa shape index (κ3) is 3.68. The smallest absolute Gasteiger partial charge is 0.384 e. The Labute approximate surface area is 174 Å². The number of carbonyl (C=O) groups is 1. The fraction of sp³-hybridized carbons (Fsp3) is 0.286. The average Bonchev–Trinajstić information content (AvgIpc) is 3.14. The first kappa shape index (κ1) is 21.5. The largest absolute Gasteiger partial charge is 0.461 e. The van der Waals surface area contributed by atoms with Crippen molar-refractivity contribution in [3.8, 4) is 0 Å². The van der Waals surface area contributed by atoms with Crippen LogP contribution in [0.15, 0.2) is 59.6 Å². The van der Waals surface area contributed by atoms with Crippen LogP contribution < -0.4 is 0 Å². The SMILES string of the molecule is CCOC(=O)C(C)(Cc1cccc2ccn(S(=O)(=O)c3ccc(C)cc3)c12)[N+](=O)[O-]. The monoisotopic (exact) mass is 430 g/mol. The summed E-state index contributed by atoms with van der Waals surface area (Å²) in [7, 11) is -3.94. The number of hydrogen-bond acceptors (Lipinski definition) is 6. The van der Waals surface area contributed by atoms with E-state index in [9.17, 15) is 23.3 Å². The number of para-hydroxylation sites is 1. The van der Waals surface area contributed by atoms with Gasteiger partial charge in [-0.05, 0) is 37.6 Å². The van der Waals surface area contributed by atoms with Crippen LogP contribution in [0.25, 0.3) is 10.9 Å². The van der Waals surface area contributed by atoms with Crippen LogP contribution in [0.2, 0.25) is 0 Å². The molecule has 30 heavy (non-hydrogen) atoms. The van der Waals surface area contributed by atoms with Crippen molar-refractivity contribution in [2.75, 3.05) is 6.61 Å². The van der Waals surface area contributed by atoms with Gasteiger partial charge in [0.1, 0.15) is 0 Å². The molecule has 0 aliphatic rings. The van der Waals surface area contributed by atoms with Crippen molar-refractivity contribution in [2.45, 2.75) is 37.6 Å². The van der Waals surface area contributed by atoms with Gasteiger partial charge in [0.05, 0.1) is 23.4 Å². The van der Waals surface area contributed by atoms with Gasteiger partial charge < -0.3 is 4.74 Å². The number of fused-ring (bicyclic) bond motifs is 1. The fourth-order valence-electron chi connectivity index (χ4n) is 3.27. The van der Waals surface area contributed by atoms with Crippen LogP contribution in [-0.2, 0) is 26.0 Å². The molecular weight excluding hydrogens is 408 g/mol. The van der Waals surface area contributed by atoms with Crippen molar-refractivity contribution in [3.63, 3.8) is 0 Å². The summed E-state index contributed by atoms with van der Waals surface area (Å²) in [6.45, 7) is 4.61. The number of aromatic nitrogens is 1. The molecule has 0 spiro atoms. The Balaban J connectivity index is 2.17. The first-order valence-electron chi connectivity index (χ1n) is 9.34. The summed E-state index contributed by atoms with van der Waals surface area (Å²) in [5.74, 6) is -0.966. The Morgan fingerprint density at radius 3 is 2.43 bits per heavy atom. The highest BCUT2D eigenvalue weighted by molar-refractivity contribution is 7.90. The van der Waals surface area contributed by atoms with E-state index < -0.39 is 26.5 Å². The molecule has 0 bridgehead atoms. The molecule has 1 aromatic heterocycles. The fourth-order valence-corrected chi connectivity index (χ4v) is 4.66. The summed E-state index contributed by atoms with van der Waals surface area (Å²) in [4.78, 5) is 23.5. The second-order valence-electron chi connectivity index (χ2n) is 7.21. The van der Waals surface area contributed by atoms with Gasteiger partial charge >= 0.3 is 11.5 Å². The number of benzene rings is 2. The molecule has 158 valence electrons. The van der Waals surface area contributed by atoms with E-state index in [0.29, 0.717) is 16.5 Å². The van der Waals surface area contributed by atoms with Crippen LogP contribution >= 0.6 is 0 Å². The van der Waals surface area contributed by atoms with E-state index in [1.165, 1.54) is 25.3 Å². The van der Waals surface area contributed by atoms with Crippen LogP contribution in [0.1, 0.15) is 25.0 Å². The Morgan fingerprint density at radius 2 is 1.83 bits per heavy atom. The lowest BCUT2D eigenvalue weighted by Crippen LogP contribution is -2.46. The van der Waals surface area contributed by atoms with E-state index in [0.717, 1.165) is 9.54 Å². The standard InChI is InChI=1S/C21H22N2O6S/c1-4-29-20(24)21(3,23(25)26)14-17-7-5-6-16-12-13-22(19(16)17)30(27,28)18-10-8-15(2)9-11-18/h5-13H,4,14H2,1-3H3. The van der Waals surface area contributed by atoms with E-state index in [4.69, 9.17) is 4.74 Å². The summed E-state index contributed by atoms with van der Waals surface area (Å²) < 4.78 is 32.5. The molecule has 0 aliphatic heterocycles. The summed E-state index contributed by atoms with van der Waals surface area (Å²) in [6.07, 6.45) is 1.10. The highest BCUT2D eigenvalue weighted by Crippen LogP contribution is 2.29. The number of nitro groups is 1. The number of esters is 1. The maximum Gasteiger partial charge on any atom is 0.384 e. The van der Waals surface area contributed by atoms with Crippen LogP contribution in [0, 0.1) is 17.0 Å². The van der Waals surface area contributed by atoms with Crippen molar-refractivity contribution in [1.29, 1.82) is 0 Å². The van der Waals surface area contributed by atoms with Crippen LogP contribution in [0.5, 0.6) is 0 Å². The quantitative estimate of drug-likeness (QED) is 0.323. The van der Waals surface area contributed by atoms with E-state index in [1.54, 1.807) is 43.3 Å². The molecule has 0 amide bonds. The zero-order chi connectivity index (χ0) is 22.1. The van der Waals surface area contributed by atoms with Gasteiger partial charge in [-0.2, -0.15) is 0 Å². The number of ether oxygens (including phenoxy) is 1. The molecule has 9 heteroatoms. The summed E-state index contributed by atoms with van der Waals surface area (Å²) in [5, 5.41) is 12.3. The van der Waals surface area contributed by atoms with Gasteiger partial charge in [-0.3, -0.25) is 10.1 Å². The predicted molar refractivity (Wildman–Crippen MR) is 111 cm³/mol. The van der Waals surface area contributed by atoms with E-state index >= 15 is 0 Å². The van der Waals surface area contributed by atoms with Gasteiger partial charge in [0.25, 0.3) is 10.0 Å². The molecule has 0 saturated carbocycles. The number of aryl methyl sites for hydroxylation is 1. The molecule has 0 fully saturated rings. The zero-order valence-electron chi connectivity index (χ0n) is 16.9. The summed E-state index contributed by atoms with van der Waals surface area (Å²) in [5.41, 5.74) is -0.466. The lowest BCUT2D eigenvalue weighted by Gasteiger charge is -2.20. The average molecular weight is 430 g/mol. The number of nitrogens with zero attached hydrogens (tertiary/aromatic N) is 2. The van der Waals surface area contributed by atoms with Crippen molar-refractivity contribution in [3.05, 3.63) is 76.0 Å². The lowest BCUT2D eigenvalue weighted by molar-refractivity contribution is -0.550. The Kier molecular flexibility index (Phi) is 5.67. The number of carbonyl (C=O) groups excluding carboxylic acids is 1. The Bertz CT molecular complexity index is 1210. The third-order valence-electron chi connectivity index (χ3n) is 4.99. The van der Waals surface area contributed by atoms with Crippen molar-refractivity contribution in [1.82, 2.24) is 3.97 Å². The minimum Gasteiger partial charge on any atom is -0.461 e. The van der Waals surface area contributed by atoms with E-state index in [1.807, 2.05) is 6.92 Å².